The molecular weight excluding hydrogens is 252 g/mol. The van der Waals surface area contributed by atoms with Gasteiger partial charge in [-0.3, -0.25) is 4.79 Å². The zero-order chi connectivity index (χ0) is 14.5. The van der Waals surface area contributed by atoms with Gasteiger partial charge in [-0.2, -0.15) is 0 Å². The Bertz CT molecular complexity index is 309. The molecule has 2 rings (SSSR count). The SMILES string of the molecule is CC(C)CN1CCN(CCC(NC2CC2)C(N)=O)CC1. The highest BCUT2D eigenvalue weighted by molar-refractivity contribution is 5.79. The highest BCUT2D eigenvalue weighted by Crippen LogP contribution is 2.20. The van der Waals surface area contributed by atoms with Gasteiger partial charge in [0.2, 0.25) is 5.91 Å². The molecule has 5 heteroatoms. The predicted molar refractivity (Wildman–Crippen MR) is 81.5 cm³/mol. The van der Waals surface area contributed by atoms with Gasteiger partial charge in [0.25, 0.3) is 0 Å². The van der Waals surface area contributed by atoms with E-state index >= 15 is 0 Å². The number of hydrogen-bond acceptors (Lipinski definition) is 4. The van der Waals surface area contributed by atoms with Gasteiger partial charge in [0.05, 0.1) is 6.04 Å². The number of carbonyl (C=O) groups is 1. The number of rotatable bonds is 8. The zero-order valence-corrected chi connectivity index (χ0v) is 13.0. The van der Waals surface area contributed by atoms with E-state index in [0.29, 0.717) is 6.04 Å². The van der Waals surface area contributed by atoms with Gasteiger partial charge >= 0.3 is 0 Å². The van der Waals surface area contributed by atoms with Crippen molar-refractivity contribution in [2.75, 3.05) is 39.3 Å². The Morgan fingerprint density at radius 1 is 1.20 bits per heavy atom. The van der Waals surface area contributed by atoms with E-state index in [2.05, 4.69) is 29.0 Å². The second-order valence-corrected chi connectivity index (χ2v) is 6.72. The standard InChI is InChI=1S/C15H30N4O/c1-12(2)11-19-9-7-18(8-10-19)6-5-14(15(16)20)17-13-3-4-13/h12-14,17H,3-11H2,1-2H3,(H2,16,20). The maximum atomic E-state index is 11.4. The first-order valence-corrected chi connectivity index (χ1v) is 8.04. The largest absolute Gasteiger partial charge is 0.368 e. The topological polar surface area (TPSA) is 61.6 Å². The lowest BCUT2D eigenvalue weighted by Gasteiger charge is -2.36. The summed E-state index contributed by atoms with van der Waals surface area (Å²) < 4.78 is 0. The van der Waals surface area contributed by atoms with Crippen LogP contribution in [0.2, 0.25) is 0 Å². The van der Waals surface area contributed by atoms with Crippen LogP contribution >= 0.6 is 0 Å². The van der Waals surface area contributed by atoms with Crippen molar-refractivity contribution in [3.8, 4) is 0 Å². The van der Waals surface area contributed by atoms with Gasteiger partial charge in [0, 0.05) is 45.3 Å². The van der Waals surface area contributed by atoms with E-state index in [0.717, 1.165) is 45.1 Å². The highest BCUT2D eigenvalue weighted by atomic mass is 16.1. The van der Waals surface area contributed by atoms with Crippen molar-refractivity contribution >= 4 is 5.91 Å². The fourth-order valence-corrected chi connectivity index (χ4v) is 2.87. The molecule has 0 aromatic rings. The smallest absolute Gasteiger partial charge is 0.234 e. The van der Waals surface area contributed by atoms with E-state index in [1.807, 2.05) is 0 Å². The van der Waals surface area contributed by atoms with Crippen molar-refractivity contribution in [1.29, 1.82) is 0 Å². The molecule has 1 amide bonds. The van der Waals surface area contributed by atoms with E-state index in [9.17, 15) is 4.79 Å². The van der Waals surface area contributed by atoms with Gasteiger partial charge in [-0.25, -0.2) is 0 Å². The number of piperazine rings is 1. The Kier molecular flexibility index (Phi) is 5.81. The van der Waals surface area contributed by atoms with E-state index in [1.54, 1.807) is 0 Å². The Balaban J connectivity index is 1.65. The van der Waals surface area contributed by atoms with Gasteiger partial charge in [-0.1, -0.05) is 13.8 Å². The molecule has 2 fully saturated rings. The molecule has 1 heterocycles. The summed E-state index contributed by atoms with van der Waals surface area (Å²) in [6.07, 6.45) is 3.23. The minimum absolute atomic E-state index is 0.142. The zero-order valence-electron chi connectivity index (χ0n) is 13.0. The first kappa shape index (κ1) is 15.7. The summed E-state index contributed by atoms with van der Waals surface area (Å²) in [5, 5.41) is 3.35. The van der Waals surface area contributed by atoms with E-state index in [4.69, 9.17) is 5.73 Å². The van der Waals surface area contributed by atoms with Crippen LogP contribution in [0.15, 0.2) is 0 Å². The molecule has 0 radical (unpaired) electrons. The van der Waals surface area contributed by atoms with Crippen LogP contribution in [0.4, 0.5) is 0 Å². The van der Waals surface area contributed by atoms with Crippen molar-refractivity contribution in [1.82, 2.24) is 15.1 Å². The minimum Gasteiger partial charge on any atom is -0.368 e. The molecule has 116 valence electrons. The lowest BCUT2D eigenvalue weighted by molar-refractivity contribution is -0.120. The highest BCUT2D eigenvalue weighted by Gasteiger charge is 2.27. The van der Waals surface area contributed by atoms with Crippen LogP contribution in [-0.4, -0.2) is 67.1 Å². The van der Waals surface area contributed by atoms with E-state index < -0.39 is 0 Å². The molecule has 1 saturated carbocycles. The third kappa shape index (κ3) is 5.38. The number of amides is 1. The number of hydrogen-bond donors (Lipinski definition) is 2. The Hall–Kier alpha value is -0.650. The van der Waals surface area contributed by atoms with Crippen LogP contribution in [0.25, 0.3) is 0 Å². The van der Waals surface area contributed by atoms with Gasteiger partial charge in [0.1, 0.15) is 0 Å². The molecule has 5 nitrogen and oxygen atoms in total. The number of nitrogens with zero attached hydrogens (tertiary/aromatic N) is 2. The molecule has 1 aliphatic heterocycles. The van der Waals surface area contributed by atoms with Crippen molar-refractivity contribution in [2.45, 2.75) is 45.2 Å². The molecule has 1 saturated heterocycles. The van der Waals surface area contributed by atoms with Gasteiger partial charge in [-0.05, 0) is 25.2 Å². The third-order valence-corrected chi connectivity index (χ3v) is 4.18. The summed E-state index contributed by atoms with van der Waals surface area (Å²) in [6, 6.07) is 0.395. The summed E-state index contributed by atoms with van der Waals surface area (Å²) in [7, 11) is 0. The van der Waals surface area contributed by atoms with E-state index in [-0.39, 0.29) is 11.9 Å². The average Bonchev–Trinajstić information content (AvgIpc) is 3.19. The monoisotopic (exact) mass is 282 g/mol. The summed E-state index contributed by atoms with van der Waals surface area (Å²) in [6.45, 7) is 11.2. The van der Waals surface area contributed by atoms with Crippen LogP contribution in [-0.2, 0) is 4.79 Å². The van der Waals surface area contributed by atoms with Gasteiger partial charge in [-0.15, -0.1) is 0 Å². The fraction of sp³-hybridized carbons (Fsp3) is 0.933. The third-order valence-electron chi connectivity index (χ3n) is 4.18. The molecule has 0 aromatic carbocycles. The molecule has 1 aliphatic carbocycles. The summed E-state index contributed by atoms with van der Waals surface area (Å²) in [5.41, 5.74) is 5.48. The number of carbonyl (C=O) groups excluding carboxylic acids is 1. The number of primary amides is 1. The number of nitrogens with one attached hydrogen (secondary N) is 1. The van der Waals surface area contributed by atoms with Crippen molar-refractivity contribution in [3.63, 3.8) is 0 Å². The normalized spacial score (nSPS) is 23.1. The molecule has 3 N–H and O–H groups in total. The summed E-state index contributed by atoms with van der Waals surface area (Å²) in [5.74, 6) is 0.541. The van der Waals surface area contributed by atoms with Crippen molar-refractivity contribution in [2.24, 2.45) is 11.7 Å². The van der Waals surface area contributed by atoms with Crippen LogP contribution < -0.4 is 11.1 Å². The Morgan fingerprint density at radius 2 is 1.80 bits per heavy atom. The second kappa shape index (κ2) is 7.38. The van der Waals surface area contributed by atoms with Crippen LogP contribution in [0, 0.1) is 5.92 Å². The van der Waals surface area contributed by atoms with Crippen LogP contribution in [0.1, 0.15) is 33.1 Å². The lowest BCUT2D eigenvalue weighted by atomic mass is 10.1. The molecular formula is C15H30N4O. The first-order valence-electron chi connectivity index (χ1n) is 8.04. The van der Waals surface area contributed by atoms with Crippen LogP contribution in [0.5, 0.6) is 0 Å². The summed E-state index contributed by atoms with van der Waals surface area (Å²) >= 11 is 0. The molecule has 0 bridgehead atoms. The molecule has 0 aromatic heterocycles. The maximum Gasteiger partial charge on any atom is 0.234 e. The van der Waals surface area contributed by atoms with Gasteiger partial charge < -0.3 is 20.9 Å². The van der Waals surface area contributed by atoms with Crippen molar-refractivity contribution < 1.29 is 4.79 Å². The average molecular weight is 282 g/mol. The predicted octanol–water partition coefficient (Wildman–Crippen LogP) is 0.256. The van der Waals surface area contributed by atoms with Gasteiger partial charge in [0.15, 0.2) is 0 Å². The molecule has 0 spiro atoms. The maximum absolute atomic E-state index is 11.4. The molecule has 20 heavy (non-hydrogen) atoms. The van der Waals surface area contributed by atoms with Crippen molar-refractivity contribution in [3.05, 3.63) is 0 Å². The molecule has 1 atom stereocenters. The second-order valence-electron chi connectivity index (χ2n) is 6.72. The summed E-state index contributed by atoms with van der Waals surface area (Å²) in [4.78, 5) is 16.4. The Morgan fingerprint density at radius 3 is 2.30 bits per heavy atom. The quantitative estimate of drug-likeness (QED) is 0.670. The lowest BCUT2D eigenvalue weighted by Crippen LogP contribution is -2.49. The number of nitrogens with two attached hydrogens (primary N) is 1. The van der Waals surface area contributed by atoms with E-state index in [1.165, 1.54) is 19.4 Å². The minimum atomic E-state index is -0.199. The fourth-order valence-electron chi connectivity index (χ4n) is 2.87. The van der Waals surface area contributed by atoms with Crippen LogP contribution in [0.3, 0.4) is 0 Å². The molecule has 1 unspecified atom stereocenters. The Labute approximate surface area is 122 Å². The first-order chi connectivity index (χ1) is 9.54. The molecule has 2 aliphatic rings.